The van der Waals surface area contributed by atoms with E-state index in [0.717, 1.165) is 83.8 Å². The van der Waals surface area contributed by atoms with E-state index in [4.69, 9.17) is 0 Å². The molecule has 1 aliphatic rings. The summed E-state index contributed by atoms with van der Waals surface area (Å²) in [7, 11) is 0. The largest absolute Gasteiger partial charge is 0.488 e. The van der Waals surface area contributed by atoms with Crippen molar-refractivity contribution in [3.63, 3.8) is 0 Å². The molecule has 0 bridgehead atoms. The van der Waals surface area contributed by atoms with Gasteiger partial charge in [-0.25, -0.2) is 0 Å². The number of benzene rings is 7. The molecule has 0 aliphatic carbocycles. The molecule has 10 rings (SSSR count). The minimum absolute atomic E-state index is 0. The summed E-state index contributed by atoms with van der Waals surface area (Å²) in [5, 5.41) is 11.0. The first-order chi connectivity index (χ1) is 26.8. The van der Waals surface area contributed by atoms with E-state index in [9.17, 15) is 0 Å². The Bertz CT molecular complexity index is 2760. The van der Waals surface area contributed by atoms with E-state index in [1.165, 1.54) is 0 Å². The van der Waals surface area contributed by atoms with Crippen LogP contribution in [0, 0.1) is 18.8 Å². The summed E-state index contributed by atoms with van der Waals surface area (Å²) >= 11 is 0. The molecule has 6 heteroatoms. The Morgan fingerprint density at radius 1 is 0.491 bits per heavy atom. The summed E-state index contributed by atoms with van der Waals surface area (Å²) in [5.41, 5.74) is 12.5. The summed E-state index contributed by atoms with van der Waals surface area (Å²) in [6.07, 6.45) is 1.71. The predicted octanol–water partition coefficient (Wildman–Crippen LogP) is 11.6. The van der Waals surface area contributed by atoms with E-state index in [2.05, 4.69) is 207 Å². The molecule has 0 N–H and O–H groups in total. The van der Waals surface area contributed by atoms with Crippen LogP contribution in [0.25, 0.3) is 38.8 Å². The number of hydrogen-bond acceptors (Lipinski definition) is 4. The molecule has 0 spiro atoms. The second-order valence-corrected chi connectivity index (χ2v) is 13.2. The van der Waals surface area contributed by atoms with Gasteiger partial charge in [-0.2, -0.15) is 5.10 Å². The van der Waals surface area contributed by atoms with Crippen molar-refractivity contribution in [1.82, 2.24) is 14.8 Å². The second kappa shape index (κ2) is 14.7. The minimum Gasteiger partial charge on any atom is -0.488 e. The zero-order valence-electron chi connectivity index (χ0n) is 29.5. The molecule has 0 atom stereocenters. The molecule has 266 valence electrons. The number of rotatable bonds is 7. The molecule has 0 saturated heterocycles. The van der Waals surface area contributed by atoms with Crippen LogP contribution in [0.15, 0.2) is 188 Å². The van der Waals surface area contributed by atoms with Gasteiger partial charge in [0.15, 0.2) is 5.82 Å². The number of nitrogens with zero attached hydrogens (tertiary/aromatic N) is 5. The van der Waals surface area contributed by atoms with E-state index in [1.807, 2.05) is 18.2 Å². The Hall–Kier alpha value is -6.55. The van der Waals surface area contributed by atoms with Crippen molar-refractivity contribution in [3.05, 3.63) is 229 Å². The number of aromatic nitrogens is 3. The molecule has 7 aromatic carbocycles. The van der Waals surface area contributed by atoms with Crippen molar-refractivity contribution in [2.75, 3.05) is 9.80 Å². The molecule has 5 nitrogen and oxygen atoms in total. The summed E-state index contributed by atoms with van der Waals surface area (Å²) < 4.78 is 2.16. The molecule has 0 saturated carbocycles. The van der Waals surface area contributed by atoms with Crippen LogP contribution in [-0.4, -0.2) is 14.8 Å². The molecule has 0 amide bonds. The molecule has 0 unspecified atom stereocenters. The fourth-order valence-corrected chi connectivity index (χ4v) is 7.61. The Morgan fingerprint density at radius 2 is 1.13 bits per heavy atom. The number of fused-ring (bicyclic) bond motifs is 4. The molecule has 0 radical (unpaired) electrons. The van der Waals surface area contributed by atoms with Crippen LogP contribution in [-0.2, 0) is 21.1 Å². The van der Waals surface area contributed by atoms with Crippen LogP contribution in [0.4, 0.5) is 22.7 Å². The van der Waals surface area contributed by atoms with E-state index in [-0.39, 0.29) is 21.1 Å². The predicted molar refractivity (Wildman–Crippen MR) is 220 cm³/mol. The van der Waals surface area contributed by atoms with Crippen molar-refractivity contribution in [3.8, 4) is 5.82 Å². The van der Waals surface area contributed by atoms with Gasteiger partial charge in [-0.05, 0) is 70.1 Å². The van der Waals surface area contributed by atoms with Gasteiger partial charge in [-0.15, -0.1) is 70.9 Å². The van der Waals surface area contributed by atoms with Crippen LogP contribution < -0.4 is 9.80 Å². The molecule has 0 fully saturated rings. The molecule has 3 heterocycles. The smallest absolute Gasteiger partial charge is 0.158 e. The van der Waals surface area contributed by atoms with Crippen molar-refractivity contribution < 1.29 is 21.1 Å². The van der Waals surface area contributed by atoms with Gasteiger partial charge >= 0.3 is 0 Å². The maximum atomic E-state index is 4.55. The van der Waals surface area contributed by atoms with Gasteiger partial charge in [0.25, 0.3) is 0 Å². The first kappa shape index (κ1) is 34.2. The second-order valence-electron chi connectivity index (χ2n) is 13.2. The van der Waals surface area contributed by atoms with Crippen molar-refractivity contribution in [1.29, 1.82) is 0 Å². The Morgan fingerprint density at radius 3 is 1.84 bits per heavy atom. The average Bonchev–Trinajstić information content (AvgIpc) is 3.80. The molecule has 9 aromatic rings. The number of para-hydroxylation sites is 4. The summed E-state index contributed by atoms with van der Waals surface area (Å²) in [4.78, 5) is 4.46. The van der Waals surface area contributed by atoms with Gasteiger partial charge in [-0.3, -0.25) is 0 Å². The SMILES string of the molecule is [Pt].[c-]1c(C(=C(c2ccccc2)c2ccccc2)c2[c-]c3c(cc2)c2ccccc2n3-c2cccnn2)cccc1N1[CH-]N(c2ccccc2)c2ccccc21. The van der Waals surface area contributed by atoms with E-state index in [1.54, 1.807) is 6.20 Å². The molecule has 2 aromatic heterocycles. The molecule has 1 aliphatic heterocycles. The first-order valence-electron chi connectivity index (χ1n) is 18.0. The van der Waals surface area contributed by atoms with Gasteiger partial charge in [-0.1, -0.05) is 120 Å². The summed E-state index contributed by atoms with van der Waals surface area (Å²) in [6, 6.07) is 71.3. The Kier molecular flexibility index (Phi) is 9.15. The summed E-state index contributed by atoms with van der Waals surface area (Å²) in [6.45, 7) is 2.16. The third kappa shape index (κ3) is 6.13. The fraction of sp³-hybridized carbons (Fsp3) is 0. The maximum absolute atomic E-state index is 4.55. The topological polar surface area (TPSA) is 37.2 Å². The first-order valence-corrected chi connectivity index (χ1v) is 18.0. The van der Waals surface area contributed by atoms with Crippen LogP contribution in [0.2, 0.25) is 0 Å². The van der Waals surface area contributed by atoms with Crippen molar-refractivity contribution in [2.24, 2.45) is 0 Å². The monoisotopic (exact) mass is 885 g/mol. The van der Waals surface area contributed by atoms with E-state index < -0.39 is 0 Å². The number of hydrogen-bond donors (Lipinski definition) is 0. The standard InChI is InChI=1S/C49H32N5.Pt/c1-4-16-35(17-5-1)48(36-18-6-2-7-19-36)49(38-29-30-42-41-24-10-11-25-43(41)54(46(42)33-38)47-28-15-31-50-51-47)37-20-14-23-40(32-37)53-34-52(39-21-8-3-9-22-39)44-26-12-13-27-45(44)53;/h1-31,34H;/q-3;. The summed E-state index contributed by atoms with van der Waals surface area (Å²) in [5.74, 6) is 0.744. The normalized spacial score (nSPS) is 12.1. The molecular formula is C49H32N5Pt-3. The van der Waals surface area contributed by atoms with Gasteiger partial charge in [0.1, 0.15) is 0 Å². The zero-order chi connectivity index (χ0) is 35.8. The fourth-order valence-electron chi connectivity index (χ4n) is 7.61. The van der Waals surface area contributed by atoms with E-state index in [0.29, 0.717) is 0 Å². The third-order valence-electron chi connectivity index (χ3n) is 9.99. The van der Waals surface area contributed by atoms with Gasteiger partial charge < -0.3 is 14.4 Å². The maximum Gasteiger partial charge on any atom is 0.158 e. The van der Waals surface area contributed by atoms with Crippen LogP contribution in [0.5, 0.6) is 0 Å². The van der Waals surface area contributed by atoms with Crippen LogP contribution in [0.1, 0.15) is 22.3 Å². The van der Waals surface area contributed by atoms with Gasteiger partial charge in [0.05, 0.1) is 0 Å². The van der Waals surface area contributed by atoms with Crippen molar-refractivity contribution >= 4 is 55.7 Å². The Balaban J connectivity index is 0.00000397. The molecule has 55 heavy (non-hydrogen) atoms. The van der Waals surface area contributed by atoms with Gasteiger partial charge in [0, 0.05) is 49.8 Å². The van der Waals surface area contributed by atoms with E-state index >= 15 is 0 Å². The Labute approximate surface area is 334 Å². The van der Waals surface area contributed by atoms with Crippen LogP contribution in [0.3, 0.4) is 0 Å². The number of anilines is 4. The zero-order valence-corrected chi connectivity index (χ0v) is 31.8. The van der Waals surface area contributed by atoms with Crippen molar-refractivity contribution in [2.45, 2.75) is 0 Å². The average molecular weight is 886 g/mol. The minimum atomic E-state index is 0. The quantitative estimate of drug-likeness (QED) is 0.118. The third-order valence-corrected chi connectivity index (χ3v) is 9.99. The van der Waals surface area contributed by atoms with Crippen LogP contribution >= 0.6 is 0 Å². The molecular weight excluding hydrogens is 854 g/mol. The van der Waals surface area contributed by atoms with Gasteiger partial charge in [0.2, 0.25) is 0 Å².